The van der Waals surface area contributed by atoms with Crippen molar-refractivity contribution in [2.24, 2.45) is 0 Å². The molecule has 0 saturated carbocycles. The first kappa shape index (κ1) is 26.0. The highest BCUT2D eigenvalue weighted by Crippen LogP contribution is 2.26. The predicted molar refractivity (Wildman–Crippen MR) is 131 cm³/mol. The van der Waals surface area contributed by atoms with Crippen LogP contribution >= 0.6 is 0 Å². The number of hydrogen-bond donors (Lipinski definition) is 1. The van der Waals surface area contributed by atoms with E-state index in [2.05, 4.69) is 10.3 Å². The smallest absolute Gasteiger partial charge is 0.254 e. The number of halogens is 2. The molecule has 1 fully saturated rings. The van der Waals surface area contributed by atoms with Gasteiger partial charge in [-0.2, -0.15) is 4.73 Å². The fourth-order valence-corrected chi connectivity index (χ4v) is 4.21. The second kappa shape index (κ2) is 10.5. The lowest BCUT2D eigenvalue weighted by Crippen LogP contribution is -2.63. The van der Waals surface area contributed by atoms with Crippen LogP contribution in [0.4, 0.5) is 14.6 Å². The third kappa shape index (κ3) is 6.00. The van der Waals surface area contributed by atoms with Gasteiger partial charge in [0.05, 0.1) is 23.3 Å². The molecule has 1 N–H and O–H groups in total. The number of amides is 2. The van der Waals surface area contributed by atoms with E-state index in [9.17, 15) is 23.6 Å². The number of benzene rings is 1. The van der Waals surface area contributed by atoms with E-state index in [1.54, 1.807) is 11.8 Å². The van der Waals surface area contributed by atoms with Crippen LogP contribution in [0.5, 0.6) is 11.5 Å². The highest BCUT2D eigenvalue weighted by atomic mass is 19.1. The average molecular weight is 512 g/mol. The second-order valence-corrected chi connectivity index (χ2v) is 9.41. The Kier molecular flexibility index (Phi) is 7.35. The lowest BCUT2D eigenvalue weighted by molar-refractivity contribution is -0.605. The summed E-state index contributed by atoms with van der Waals surface area (Å²) in [7, 11) is 0. The van der Waals surface area contributed by atoms with Crippen LogP contribution in [0.3, 0.4) is 0 Å². The normalized spacial score (nSPS) is 16.2. The number of anilines is 1. The largest absolute Gasteiger partial charge is 0.619 e. The summed E-state index contributed by atoms with van der Waals surface area (Å²) >= 11 is 0. The van der Waals surface area contributed by atoms with E-state index in [0.29, 0.717) is 29.9 Å². The van der Waals surface area contributed by atoms with Crippen molar-refractivity contribution in [2.75, 3.05) is 25.0 Å². The molecule has 1 unspecified atom stereocenters. The topological polar surface area (TPSA) is 102 Å². The SMILES string of the molecule is CC(C(=O)Nc1ccc(Oc2ccc(F)cc2F)cn1)N1CCN(C(=O)c2cc[n+]([O-])cc2)C(C)(C)C1. The van der Waals surface area contributed by atoms with Gasteiger partial charge in [0.15, 0.2) is 24.0 Å². The summed E-state index contributed by atoms with van der Waals surface area (Å²) in [4.78, 5) is 33.8. The number of rotatable bonds is 6. The Bertz CT molecular complexity index is 1290. The molecule has 37 heavy (non-hydrogen) atoms. The zero-order valence-corrected chi connectivity index (χ0v) is 20.6. The van der Waals surface area contributed by atoms with Gasteiger partial charge in [-0.05, 0) is 45.0 Å². The maximum atomic E-state index is 13.8. The monoisotopic (exact) mass is 511 g/mol. The Balaban J connectivity index is 1.35. The first-order valence-electron chi connectivity index (χ1n) is 11.7. The summed E-state index contributed by atoms with van der Waals surface area (Å²) in [6, 6.07) is 8.51. The van der Waals surface area contributed by atoms with Gasteiger partial charge in [0.2, 0.25) is 5.91 Å². The number of carbonyl (C=O) groups excluding carboxylic acids is 2. The van der Waals surface area contributed by atoms with E-state index in [-0.39, 0.29) is 29.1 Å². The van der Waals surface area contributed by atoms with Crippen molar-refractivity contribution in [3.05, 3.63) is 83.5 Å². The molecule has 2 aromatic heterocycles. The van der Waals surface area contributed by atoms with Gasteiger partial charge in [0, 0.05) is 37.8 Å². The van der Waals surface area contributed by atoms with E-state index in [0.717, 1.165) is 12.1 Å². The molecule has 1 aromatic carbocycles. The number of carbonyl (C=O) groups is 2. The van der Waals surface area contributed by atoms with Crippen LogP contribution in [0.1, 0.15) is 31.1 Å². The molecule has 1 saturated heterocycles. The van der Waals surface area contributed by atoms with Crippen LogP contribution in [0.25, 0.3) is 0 Å². The summed E-state index contributed by atoms with van der Waals surface area (Å²) in [5.41, 5.74) is -0.125. The molecule has 1 atom stereocenters. The minimum Gasteiger partial charge on any atom is -0.619 e. The number of ether oxygens (including phenoxy) is 1. The fraction of sp³-hybridized carbons (Fsp3) is 0.308. The van der Waals surface area contributed by atoms with E-state index in [1.807, 2.05) is 18.7 Å². The molecular formula is C26H27F2N5O4. The maximum Gasteiger partial charge on any atom is 0.254 e. The number of aromatic nitrogens is 2. The van der Waals surface area contributed by atoms with Gasteiger partial charge in [-0.25, -0.2) is 13.8 Å². The molecule has 11 heteroatoms. The van der Waals surface area contributed by atoms with Crippen molar-refractivity contribution < 1.29 is 27.8 Å². The molecule has 2 amide bonds. The molecular weight excluding hydrogens is 484 g/mol. The second-order valence-electron chi connectivity index (χ2n) is 9.41. The first-order valence-corrected chi connectivity index (χ1v) is 11.7. The van der Waals surface area contributed by atoms with Crippen LogP contribution in [-0.4, -0.2) is 57.8 Å². The molecule has 3 heterocycles. The van der Waals surface area contributed by atoms with Crippen molar-refractivity contribution >= 4 is 17.6 Å². The van der Waals surface area contributed by atoms with Crippen LogP contribution in [-0.2, 0) is 4.79 Å². The van der Waals surface area contributed by atoms with Gasteiger partial charge < -0.3 is 20.2 Å². The van der Waals surface area contributed by atoms with Crippen LogP contribution < -0.4 is 14.8 Å². The van der Waals surface area contributed by atoms with Crippen molar-refractivity contribution in [1.82, 2.24) is 14.8 Å². The lowest BCUT2D eigenvalue weighted by Gasteiger charge is -2.48. The van der Waals surface area contributed by atoms with Crippen molar-refractivity contribution in [3.8, 4) is 11.5 Å². The summed E-state index contributed by atoms with van der Waals surface area (Å²) in [5.74, 6) is -1.62. The standard InChI is InChI=1S/C26H27F2N5O4/c1-17(31-12-13-33(26(2,3)16-31)25(35)18-8-10-32(36)11-9-18)24(34)30-23-7-5-20(15-29-23)37-22-6-4-19(27)14-21(22)28/h4-11,14-15,17H,12-13,16H2,1-3H3,(H,29,30,34). The Morgan fingerprint density at radius 3 is 2.49 bits per heavy atom. The minimum absolute atomic E-state index is 0.143. The molecule has 0 radical (unpaired) electrons. The average Bonchev–Trinajstić information content (AvgIpc) is 2.86. The summed E-state index contributed by atoms with van der Waals surface area (Å²) in [5, 5.41) is 14.0. The molecule has 1 aliphatic rings. The van der Waals surface area contributed by atoms with Gasteiger partial charge in [-0.1, -0.05) is 0 Å². The molecule has 3 aromatic rings. The predicted octanol–water partition coefficient (Wildman–Crippen LogP) is 3.35. The summed E-state index contributed by atoms with van der Waals surface area (Å²) in [6.45, 7) is 7.01. The Hall–Kier alpha value is -4.12. The van der Waals surface area contributed by atoms with E-state index >= 15 is 0 Å². The Labute approximate surface area is 212 Å². The molecule has 9 nitrogen and oxygen atoms in total. The molecule has 0 aliphatic carbocycles. The van der Waals surface area contributed by atoms with E-state index in [4.69, 9.17) is 4.74 Å². The third-order valence-corrected chi connectivity index (χ3v) is 6.26. The first-order chi connectivity index (χ1) is 17.5. The lowest BCUT2D eigenvalue weighted by atomic mass is 9.96. The third-order valence-electron chi connectivity index (χ3n) is 6.26. The molecule has 194 valence electrons. The van der Waals surface area contributed by atoms with Crippen molar-refractivity contribution in [3.63, 3.8) is 0 Å². The number of nitrogens with zero attached hydrogens (tertiary/aromatic N) is 4. The van der Waals surface area contributed by atoms with Gasteiger partial charge in [0.25, 0.3) is 5.91 Å². The summed E-state index contributed by atoms with van der Waals surface area (Å²) in [6.07, 6.45) is 3.90. The van der Waals surface area contributed by atoms with Crippen LogP contribution in [0.15, 0.2) is 61.1 Å². The fourth-order valence-electron chi connectivity index (χ4n) is 4.21. The molecule has 1 aliphatic heterocycles. The zero-order valence-electron chi connectivity index (χ0n) is 20.6. The maximum absolute atomic E-state index is 13.8. The number of hydrogen-bond acceptors (Lipinski definition) is 6. The number of piperazine rings is 1. The van der Waals surface area contributed by atoms with Gasteiger partial charge >= 0.3 is 0 Å². The van der Waals surface area contributed by atoms with E-state index in [1.165, 1.54) is 48.9 Å². The van der Waals surface area contributed by atoms with Crippen molar-refractivity contribution in [2.45, 2.75) is 32.4 Å². The molecule has 4 rings (SSSR count). The Morgan fingerprint density at radius 2 is 1.86 bits per heavy atom. The molecule has 0 bridgehead atoms. The summed E-state index contributed by atoms with van der Waals surface area (Å²) < 4.78 is 32.9. The highest BCUT2D eigenvalue weighted by molar-refractivity contribution is 5.95. The quantitative estimate of drug-likeness (QED) is 0.402. The van der Waals surface area contributed by atoms with Crippen LogP contribution in [0, 0.1) is 16.8 Å². The van der Waals surface area contributed by atoms with Gasteiger partial charge in [0.1, 0.15) is 17.4 Å². The van der Waals surface area contributed by atoms with E-state index < -0.39 is 23.2 Å². The number of nitrogens with one attached hydrogen (secondary N) is 1. The highest BCUT2D eigenvalue weighted by Gasteiger charge is 2.39. The number of pyridine rings is 2. The van der Waals surface area contributed by atoms with Gasteiger partial charge in [-0.15, -0.1) is 0 Å². The van der Waals surface area contributed by atoms with Crippen molar-refractivity contribution in [1.29, 1.82) is 0 Å². The van der Waals surface area contributed by atoms with Gasteiger partial charge in [-0.3, -0.25) is 14.5 Å². The Morgan fingerprint density at radius 1 is 1.14 bits per heavy atom. The zero-order chi connectivity index (χ0) is 26.7. The molecule has 0 spiro atoms. The minimum atomic E-state index is -0.838. The van der Waals surface area contributed by atoms with Crippen LogP contribution in [0.2, 0.25) is 0 Å².